The van der Waals surface area contributed by atoms with Gasteiger partial charge in [0.05, 0.1) is 17.2 Å². The molecular weight excluding hydrogens is 496 g/mol. The van der Waals surface area contributed by atoms with E-state index in [2.05, 4.69) is 11.3 Å². The summed E-state index contributed by atoms with van der Waals surface area (Å²) >= 11 is 0. The molecule has 0 unspecified atom stereocenters. The minimum Gasteiger partial charge on any atom is -0.463 e. The van der Waals surface area contributed by atoms with Crippen molar-refractivity contribution in [2.75, 3.05) is 6.61 Å². The predicted octanol–water partition coefficient (Wildman–Crippen LogP) is 6.08. The molecule has 0 aliphatic heterocycles. The number of aromatic nitrogens is 1. The van der Waals surface area contributed by atoms with Gasteiger partial charge in [-0.25, -0.2) is 13.2 Å². The molecule has 0 radical (unpaired) electrons. The highest BCUT2D eigenvalue weighted by Crippen LogP contribution is 2.36. The van der Waals surface area contributed by atoms with Crippen molar-refractivity contribution in [3.8, 4) is 0 Å². The van der Waals surface area contributed by atoms with Gasteiger partial charge in [0.25, 0.3) is 10.0 Å². The van der Waals surface area contributed by atoms with Crippen LogP contribution in [0.5, 0.6) is 0 Å². The number of para-hydroxylation sites is 1. The molecule has 0 saturated heterocycles. The highest BCUT2D eigenvalue weighted by atomic mass is 32.2. The van der Waals surface area contributed by atoms with Gasteiger partial charge in [0.1, 0.15) is 0 Å². The van der Waals surface area contributed by atoms with Gasteiger partial charge in [-0.2, -0.15) is 0 Å². The Bertz CT molecular complexity index is 1610. The maximum atomic E-state index is 13.2. The van der Waals surface area contributed by atoms with Crippen molar-refractivity contribution in [3.05, 3.63) is 126 Å². The highest BCUT2D eigenvalue weighted by molar-refractivity contribution is 7.89. The lowest BCUT2D eigenvalue weighted by Crippen LogP contribution is -2.18. The molecule has 0 bridgehead atoms. The van der Waals surface area contributed by atoms with Gasteiger partial charge in [0.15, 0.2) is 0 Å². The van der Waals surface area contributed by atoms with Crippen molar-refractivity contribution in [1.82, 2.24) is 9.29 Å². The number of allylic oxidation sites excluding steroid dienone is 1. The van der Waals surface area contributed by atoms with E-state index in [-0.39, 0.29) is 11.5 Å². The predicted molar refractivity (Wildman–Crippen MR) is 153 cm³/mol. The van der Waals surface area contributed by atoms with Gasteiger partial charge < -0.3 is 9.30 Å². The average molecular weight is 527 g/mol. The van der Waals surface area contributed by atoms with Crippen molar-refractivity contribution in [1.29, 1.82) is 0 Å². The molecule has 3 aromatic carbocycles. The average Bonchev–Trinajstić information content (AvgIpc) is 3.22. The molecular formula is C31H30N2O4S. The van der Waals surface area contributed by atoms with Gasteiger partial charge >= 0.3 is 5.97 Å². The Labute approximate surface area is 223 Å². The summed E-state index contributed by atoms with van der Waals surface area (Å²) in [5.41, 5.74) is 4.87. The first kappa shape index (κ1) is 26.7. The molecule has 0 saturated carbocycles. The molecule has 4 rings (SSSR count). The van der Waals surface area contributed by atoms with E-state index in [1.165, 1.54) is 12.3 Å². The van der Waals surface area contributed by atoms with Crippen LogP contribution in [0.4, 0.5) is 0 Å². The first-order valence-electron chi connectivity index (χ1n) is 12.3. The fraction of sp³-hybridized carbons (Fsp3) is 0.129. The SMILES string of the molecule is C=CCn1c(/C=C/C(=O)OCC)c(C(=CNS(=O)(=O)c2ccc(C)cc2)c2ccccc2)c2ccccc21. The molecule has 0 fully saturated rings. The maximum absolute atomic E-state index is 13.2. The van der Waals surface area contributed by atoms with Gasteiger partial charge in [-0.05, 0) is 43.7 Å². The van der Waals surface area contributed by atoms with Gasteiger partial charge in [-0.3, -0.25) is 4.72 Å². The van der Waals surface area contributed by atoms with Crippen molar-refractivity contribution in [3.63, 3.8) is 0 Å². The summed E-state index contributed by atoms with van der Waals surface area (Å²) in [5.74, 6) is -0.459. The van der Waals surface area contributed by atoms with E-state index >= 15 is 0 Å². The molecule has 38 heavy (non-hydrogen) atoms. The third-order valence-corrected chi connectivity index (χ3v) is 7.35. The quantitative estimate of drug-likeness (QED) is 0.154. The Kier molecular flexibility index (Phi) is 8.28. The molecule has 0 aliphatic rings. The normalized spacial score (nSPS) is 12.1. The molecule has 6 nitrogen and oxygen atoms in total. The lowest BCUT2D eigenvalue weighted by atomic mass is 9.96. The summed E-state index contributed by atoms with van der Waals surface area (Å²) in [6.45, 7) is 8.31. The number of hydrogen-bond donors (Lipinski definition) is 1. The number of fused-ring (bicyclic) bond motifs is 1. The molecule has 0 spiro atoms. The van der Waals surface area contributed by atoms with E-state index in [1.54, 1.807) is 43.3 Å². The van der Waals surface area contributed by atoms with Gasteiger partial charge in [-0.15, -0.1) is 6.58 Å². The van der Waals surface area contributed by atoms with E-state index in [4.69, 9.17) is 4.74 Å². The number of esters is 1. The number of sulfonamides is 1. The topological polar surface area (TPSA) is 77.4 Å². The zero-order valence-electron chi connectivity index (χ0n) is 21.4. The first-order chi connectivity index (χ1) is 18.4. The van der Waals surface area contributed by atoms with Crippen LogP contribution < -0.4 is 4.72 Å². The standard InChI is InChI=1S/C31H30N2O4S/c1-4-21-33-28-14-10-9-13-26(28)31(29(33)19-20-30(34)37-5-2)27(24-11-7-6-8-12-24)22-32-38(35,36)25-17-15-23(3)16-18-25/h4,6-20,22,32H,1,5,21H2,2-3H3/b20-19+,27-22?. The summed E-state index contributed by atoms with van der Waals surface area (Å²) in [6, 6.07) is 24.1. The Morgan fingerprint density at radius 3 is 2.37 bits per heavy atom. The van der Waals surface area contributed by atoms with Crippen LogP contribution in [-0.2, 0) is 26.1 Å². The molecule has 194 valence electrons. The molecule has 1 N–H and O–H groups in total. The van der Waals surface area contributed by atoms with E-state index in [0.29, 0.717) is 12.1 Å². The first-order valence-corrected chi connectivity index (χ1v) is 13.8. The highest BCUT2D eigenvalue weighted by Gasteiger charge is 2.21. The number of carbonyl (C=O) groups is 1. The number of nitrogens with zero attached hydrogens (tertiary/aromatic N) is 1. The third-order valence-electron chi connectivity index (χ3n) is 6.03. The molecule has 0 amide bonds. The molecule has 1 aromatic heterocycles. The third kappa shape index (κ3) is 5.79. The van der Waals surface area contributed by atoms with Crippen LogP contribution in [0.1, 0.15) is 29.3 Å². The van der Waals surface area contributed by atoms with Crippen molar-refractivity contribution in [2.45, 2.75) is 25.3 Å². The zero-order valence-corrected chi connectivity index (χ0v) is 22.2. The van der Waals surface area contributed by atoms with E-state index in [0.717, 1.165) is 33.3 Å². The van der Waals surface area contributed by atoms with E-state index < -0.39 is 16.0 Å². The monoisotopic (exact) mass is 526 g/mol. The number of nitrogens with one attached hydrogen (secondary N) is 1. The van der Waals surface area contributed by atoms with Crippen LogP contribution >= 0.6 is 0 Å². The van der Waals surface area contributed by atoms with Gasteiger partial charge in [-0.1, -0.05) is 72.3 Å². The number of benzene rings is 3. The summed E-state index contributed by atoms with van der Waals surface area (Å²) in [5, 5.41) is 0.905. The largest absolute Gasteiger partial charge is 0.463 e. The van der Waals surface area contributed by atoms with Crippen LogP contribution in [0.2, 0.25) is 0 Å². The number of ether oxygens (including phenoxy) is 1. The lowest BCUT2D eigenvalue weighted by Gasteiger charge is -2.13. The Morgan fingerprint density at radius 1 is 1.00 bits per heavy atom. The van der Waals surface area contributed by atoms with Crippen molar-refractivity contribution < 1.29 is 17.9 Å². The molecule has 0 atom stereocenters. The van der Waals surface area contributed by atoms with E-state index in [1.807, 2.05) is 66.1 Å². The second-order valence-corrected chi connectivity index (χ2v) is 10.3. The second-order valence-electron chi connectivity index (χ2n) is 8.62. The van der Waals surface area contributed by atoms with Gasteiger partial charge in [0, 0.05) is 40.9 Å². The molecule has 7 heteroatoms. The summed E-state index contributed by atoms with van der Waals surface area (Å²) < 4.78 is 36.2. The van der Waals surface area contributed by atoms with Crippen LogP contribution in [0, 0.1) is 6.92 Å². The fourth-order valence-electron chi connectivity index (χ4n) is 4.28. The lowest BCUT2D eigenvalue weighted by molar-refractivity contribution is -0.137. The number of hydrogen-bond acceptors (Lipinski definition) is 4. The van der Waals surface area contributed by atoms with E-state index in [9.17, 15) is 13.2 Å². The van der Waals surface area contributed by atoms with Gasteiger partial charge in [0.2, 0.25) is 0 Å². The Morgan fingerprint density at radius 2 is 1.68 bits per heavy atom. The Hall–Kier alpha value is -4.36. The summed E-state index contributed by atoms with van der Waals surface area (Å²) in [4.78, 5) is 12.4. The summed E-state index contributed by atoms with van der Waals surface area (Å²) in [6.07, 6.45) is 6.40. The van der Waals surface area contributed by atoms with Crippen LogP contribution in [0.25, 0.3) is 22.6 Å². The van der Waals surface area contributed by atoms with Crippen LogP contribution in [0.3, 0.4) is 0 Å². The minimum absolute atomic E-state index is 0.170. The van der Waals surface area contributed by atoms with Crippen molar-refractivity contribution >= 4 is 38.5 Å². The molecule has 0 aliphatic carbocycles. The van der Waals surface area contributed by atoms with Crippen molar-refractivity contribution in [2.24, 2.45) is 0 Å². The minimum atomic E-state index is -3.83. The van der Waals surface area contributed by atoms with Crippen LogP contribution in [0.15, 0.2) is 109 Å². The zero-order chi connectivity index (χ0) is 27.1. The number of carbonyl (C=O) groups excluding carboxylic acids is 1. The number of rotatable bonds is 10. The van der Waals surface area contributed by atoms with Crippen LogP contribution in [-0.4, -0.2) is 25.6 Å². The fourth-order valence-corrected chi connectivity index (χ4v) is 5.19. The maximum Gasteiger partial charge on any atom is 0.330 e. The molecule has 4 aromatic rings. The smallest absolute Gasteiger partial charge is 0.330 e. The molecule has 1 heterocycles. The summed E-state index contributed by atoms with van der Waals surface area (Å²) in [7, 11) is -3.83. The second kappa shape index (κ2) is 11.8. The Balaban J connectivity index is 1.96. The number of aryl methyl sites for hydroxylation is 1.